The Morgan fingerprint density at radius 1 is 1.04 bits per heavy atom. The number of nitrogens with zero attached hydrogens (tertiary/aromatic N) is 4. The standard InChI is InChI=1S/C19H24N4O3S/c1-19(2,3)27(25,26)17-7-6-16(14-21-17)22-9-11-23(12-10-22)18(24)15-5-4-8-20-13-15/h4-8,13-14H,9-12H2,1-3H3. The number of anilines is 1. The molecule has 0 saturated carbocycles. The Hall–Kier alpha value is -2.48. The van der Waals surface area contributed by atoms with Gasteiger partial charge < -0.3 is 9.80 Å². The fourth-order valence-corrected chi connectivity index (χ4v) is 3.94. The second kappa shape index (κ2) is 7.26. The molecule has 0 bridgehead atoms. The summed E-state index contributed by atoms with van der Waals surface area (Å²) in [6.07, 6.45) is 4.81. The number of piperazine rings is 1. The molecule has 2 aromatic heterocycles. The molecule has 0 aromatic carbocycles. The van der Waals surface area contributed by atoms with E-state index < -0.39 is 14.6 Å². The molecule has 0 aliphatic carbocycles. The SMILES string of the molecule is CC(C)(C)S(=O)(=O)c1ccc(N2CCN(C(=O)c3cccnc3)CC2)cn1. The number of hydrogen-bond donors (Lipinski definition) is 0. The molecule has 1 aliphatic heterocycles. The van der Waals surface area contributed by atoms with Crippen LogP contribution in [-0.4, -0.2) is 60.1 Å². The minimum atomic E-state index is -3.46. The van der Waals surface area contributed by atoms with Crippen molar-refractivity contribution in [1.29, 1.82) is 0 Å². The number of aromatic nitrogens is 2. The Balaban J connectivity index is 1.66. The number of hydrogen-bond acceptors (Lipinski definition) is 6. The highest BCUT2D eigenvalue weighted by Gasteiger charge is 2.32. The van der Waals surface area contributed by atoms with E-state index in [1.54, 1.807) is 68.5 Å². The molecule has 0 N–H and O–H groups in total. The first-order chi connectivity index (χ1) is 12.7. The van der Waals surface area contributed by atoms with Gasteiger partial charge in [0.15, 0.2) is 14.9 Å². The summed E-state index contributed by atoms with van der Waals surface area (Å²) in [7, 11) is -3.46. The van der Waals surface area contributed by atoms with E-state index in [-0.39, 0.29) is 10.9 Å². The lowest BCUT2D eigenvalue weighted by molar-refractivity contribution is 0.0746. The van der Waals surface area contributed by atoms with E-state index in [2.05, 4.69) is 14.9 Å². The van der Waals surface area contributed by atoms with Crippen molar-refractivity contribution in [2.45, 2.75) is 30.5 Å². The lowest BCUT2D eigenvalue weighted by Crippen LogP contribution is -2.48. The molecule has 3 heterocycles. The predicted octanol–water partition coefficient (Wildman–Crippen LogP) is 2.01. The molecular weight excluding hydrogens is 364 g/mol. The first-order valence-electron chi connectivity index (χ1n) is 8.85. The Morgan fingerprint density at radius 2 is 1.74 bits per heavy atom. The summed E-state index contributed by atoms with van der Waals surface area (Å²) in [6, 6.07) is 6.86. The number of amides is 1. The lowest BCUT2D eigenvalue weighted by atomic mass is 10.2. The molecule has 7 nitrogen and oxygen atoms in total. The highest BCUT2D eigenvalue weighted by molar-refractivity contribution is 7.92. The van der Waals surface area contributed by atoms with Crippen LogP contribution in [0.25, 0.3) is 0 Å². The average Bonchev–Trinajstić information content (AvgIpc) is 2.67. The van der Waals surface area contributed by atoms with Crippen molar-refractivity contribution in [3.8, 4) is 0 Å². The van der Waals surface area contributed by atoms with E-state index in [0.29, 0.717) is 31.7 Å². The molecule has 1 fully saturated rings. The van der Waals surface area contributed by atoms with Crippen LogP contribution in [-0.2, 0) is 9.84 Å². The van der Waals surface area contributed by atoms with Crippen LogP contribution < -0.4 is 4.90 Å². The quantitative estimate of drug-likeness (QED) is 0.800. The van der Waals surface area contributed by atoms with Crippen LogP contribution in [0.1, 0.15) is 31.1 Å². The largest absolute Gasteiger partial charge is 0.367 e. The van der Waals surface area contributed by atoms with Gasteiger partial charge in [-0.3, -0.25) is 9.78 Å². The zero-order valence-electron chi connectivity index (χ0n) is 15.8. The normalized spacial score (nSPS) is 15.7. The van der Waals surface area contributed by atoms with E-state index in [1.807, 2.05) is 0 Å². The fourth-order valence-electron chi connectivity index (χ4n) is 2.87. The van der Waals surface area contributed by atoms with Crippen LogP contribution in [0.2, 0.25) is 0 Å². The van der Waals surface area contributed by atoms with Gasteiger partial charge in [-0.25, -0.2) is 13.4 Å². The van der Waals surface area contributed by atoms with Gasteiger partial charge in [0.2, 0.25) is 0 Å². The maximum Gasteiger partial charge on any atom is 0.255 e. The molecule has 3 rings (SSSR count). The van der Waals surface area contributed by atoms with Crippen LogP contribution >= 0.6 is 0 Å². The summed E-state index contributed by atoms with van der Waals surface area (Å²) in [5.41, 5.74) is 1.45. The highest BCUT2D eigenvalue weighted by Crippen LogP contribution is 2.25. The van der Waals surface area contributed by atoms with Gasteiger partial charge in [0.25, 0.3) is 5.91 Å². The van der Waals surface area contributed by atoms with Crippen molar-refractivity contribution in [2.75, 3.05) is 31.1 Å². The van der Waals surface area contributed by atoms with E-state index >= 15 is 0 Å². The Morgan fingerprint density at radius 3 is 2.26 bits per heavy atom. The van der Waals surface area contributed by atoms with Crippen LogP contribution in [0, 0.1) is 0 Å². The zero-order valence-corrected chi connectivity index (χ0v) is 16.6. The second-order valence-corrected chi connectivity index (χ2v) is 10.1. The van der Waals surface area contributed by atoms with Crippen molar-refractivity contribution < 1.29 is 13.2 Å². The van der Waals surface area contributed by atoms with Gasteiger partial charge in [-0.15, -0.1) is 0 Å². The van der Waals surface area contributed by atoms with Gasteiger partial charge in [-0.05, 0) is 45.0 Å². The van der Waals surface area contributed by atoms with Crippen molar-refractivity contribution in [2.24, 2.45) is 0 Å². The summed E-state index contributed by atoms with van der Waals surface area (Å²) in [5.74, 6) is -0.0208. The molecule has 8 heteroatoms. The van der Waals surface area contributed by atoms with Crippen LogP contribution in [0.4, 0.5) is 5.69 Å². The number of rotatable bonds is 3. The fraction of sp³-hybridized carbons (Fsp3) is 0.421. The monoisotopic (exact) mass is 388 g/mol. The maximum atomic E-state index is 12.5. The first-order valence-corrected chi connectivity index (χ1v) is 10.3. The smallest absolute Gasteiger partial charge is 0.255 e. The lowest BCUT2D eigenvalue weighted by Gasteiger charge is -2.36. The number of pyridine rings is 2. The summed E-state index contributed by atoms with van der Waals surface area (Å²) in [5, 5.41) is 0.0872. The summed E-state index contributed by atoms with van der Waals surface area (Å²) in [4.78, 5) is 24.6. The number of carbonyl (C=O) groups excluding carboxylic acids is 1. The van der Waals surface area contributed by atoms with Gasteiger partial charge in [-0.1, -0.05) is 0 Å². The molecular formula is C19H24N4O3S. The van der Waals surface area contributed by atoms with E-state index in [0.717, 1.165) is 5.69 Å². The second-order valence-electron chi connectivity index (χ2n) is 7.49. The average molecular weight is 388 g/mol. The van der Waals surface area contributed by atoms with Crippen molar-refractivity contribution in [3.05, 3.63) is 48.4 Å². The third-order valence-corrected chi connectivity index (χ3v) is 7.05. The summed E-state index contributed by atoms with van der Waals surface area (Å²) >= 11 is 0. The summed E-state index contributed by atoms with van der Waals surface area (Å²) in [6.45, 7) is 7.51. The maximum absolute atomic E-state index is 12.5. The van der Waals surface area contributed by atoms with Crippen LogP contribution in [0.15, 0.2) is 47.9 Å². The zero-order chi connectivity index (χ0) is 19.7. The molecule has 1 saturated heterocycles. The van der Waals surface area contributed by atoms with Gasteiger partial charge in [0.05, 0.1) is 22.2 Å². The molecule has 0 atom stereocenters. The Labute approximate surface area is 160 Å². The Kier molecular flexibility index (Phi) is 5.19. The van der Waals surface area contributed by atoms with Gasteiger partial charge in [0.1, 0.15) is 0 Å². The van der Waals surface area contributed by atoms with Crippen LogP contribution in [0.3, 0.4) is 0 Å². The van der Waals surface area contributed by atoms with E-state index in [1.165, 1.54) is 0 Å². The van der Waals surface area contributed by atoms with Gasteiger partial charge >= 0.3 is 0 Å². The van der Waals surface area contributed by atoms with E-state index in [9.17, 15) is 13.2 Å². The molecule has 1 aliphatic rings. The van der Waals surface area contributed by atoms with Gasteiger partial charge in [-0.2, -0.15) is 0 Å². The molecule has 2 aromatic rings. The molecule has 1 amide bonds. The first kappa shape index (κ1) is 19.3. The van der Waals surface area contributed by atoms with Gasteiger partial charge in [0, 0.05) is 38.6 Å². The third-order valence-electron chi connectivity index (χ3n) is 4.64. The minimum Gasteiger partial charge on any atom is -0.367 e. The molecule has 0 radical (unpaired) electrons. The number of carbonyl (C=O) groups is 1. The van der Waals surface area contributed by atoms with Crippen molar-refractivity contribution in [3.63, 3.8) is 0 Å². The minimum absolute atomic E-state index is 0.0208. The van der Waals surface area contributed by atoms with Crippen molar-refractivity contribution in [1.82, 2.24) is 14.9 Å². The topological polar surface area (TPSA) is 83.5 Å². The molecule has 27 heavy (non-hydrogen) atoms. The summed E-state index contributed by atoms with van der Waals surface area (Å²) < 4.78 is 24.0. The predicted molar refractivity (Wildman–Crippen MR) is 104 cm³/mol. The van der Waals surface area contributed by atoms with E-state index in [4.69, 9.17) is 0 Å². The Bertz CT molecular complexity index is 898. The van der Waals surface area contributed by atoms with Crippen LogP contribution in [0.5, 0.6) is 0 Å². The molecule has 0 unspecified atom stereocenters. The number of sulfone groups is 1. The third kappa shape index (κ3) is 3.95. The highest BCUT2D eigenvalue weighted by atomic mass is 32.2. The van der Waals surface area contributed by atoms with Crippen molar-refractivity contribution >= 4 is 21.4 Å². The molecule has 144 valence electrons. The molecule has 0 spiro atoms.